The first-order chi connectivity index (χ1) is 10.6. The highest BCUT2D eigenvalue weighted by Crippen LogP contribution is 2.35. The Balaban J connectivity index is 2.16. The number of hydrogen-bond acceptors (Lipinski definition) is 3. The molecule has 4 heteroatoms. The molecule has 1 aliphatic rings. The summed E-state index contributed by atoms with van der Waals surface area (Å²) < 4.78 is 0. The van der Waals surface area contributed by atoms with E-state index in [9.17, 15) is 4.79 Å². The van der Waals surface area contributed by atoms with Crippen molar-refractivity contribution < 1.29 is 4.79 Å². The van der Waals surface area contributed by atoms with Gasteiger partial charge in [0.15, 0.2) is 0 Å². The van der Waals surface area contributed by atoms with E-state index in [1.807, 2.05) is 45.4 Å². The average Bonchev–Trinajstić information content (AvgIpc) is 2.66. The number of nitrogens with zero attached hydrogens (tertiary/aromatic N) is 2. The summed E-state index contributed by atoms with van der Waals surface area (Å²) in [5, 5.41) is 3.39. The molecule has 0 aromatic heterocycles. The Morgan fingerprint density at radius 3 is 2.55 bits per heavy atom. The molecule has 1 aliphatic heterocycles. The van der Waals surface area contributed by atoms with Gasteiger partial charge in [0.05, 0.1) is 12.6 Å². The molecule has 0 saturated heterocycles. The zero-order valence-electron chi connectivity index (χ0n) is 13.2. The Morgan fingerprint density at radius 1 is 1.14 bits per heavy atom. The van der Waals surface area contributed by atoms with E-state index in [2.05, 4.69) is 34.5 Å². The van der Waals surface area contributed by atoms with Gasteiger partial charge < -0.3 is 9.80 Å². The van der Waals surface area contributed by atoms with Gasteiger partial charge in [-0.1, -0.05) is 30.3 Å². The van der Waals surface area contributed by atoms with Crippen LogP contribution in [-0.4, -0.2) is 33.6 Å². The molecule has 0 aliphatic carbocycles. The monoisotopic (exact) mass is 295 g/mol. The molecule has 1 heterocycles. The largest absolute Gasteiger partial charge is 0.378 e. The minimum atomic E-state index is 0.0185. The normalized spacial score (nSPS) is 17.9. The van der Waals surface area contributed by atoms with E-state index >= 15 is 0 Å². The van der Waals surface area contributed by atoms with Crippen LogP contribution in [0.4, 0.5) is 11.4 Å². The molecule has 114 valence electrons. The molecule has 3 rings (SSSR count). The van der Waals surface area contributed by atoms with E-state index < -0.39 is 0 Å². The van der Waals surface area contributed by atoms with Crippen LogP contribution in [0.15, 0.2) is 48.5 Å². The van der Waals surface area contributed by atoms with Gasteiger partial charge in [-0.15, -0.1) is 0 Å². The Labute approximate surface area is 131 Å². The fourth-order valence-corrected chi connectivity index (χ4v) is 2.85. The molecule has 22 heavy (non-hydrogen) atoms. The summed E-state index contributed by atoms with van der Waals surface area (Å²) in [5.74, 6) is 0.0808. The molecule has 0 spiro atoms. The zero-order chi connectivity index (χ0) is 15.7. The molecule has 1 unspecified atom stereocenters. The number of likely N-dealkylation sites (N-methyl/N-ethyl adjacent to an activating group) is 1. The fraction of sp³-hybridized carbons (Fsp3) is 0.278. The number of carbonyl (C=O) groups is 1. The standard InChI is InChI=1S/C18H21N3O/c1-20(2)14-9-10-16-15(11-14)18(13-7-5-4-6-8-13)19-12-17(22)21(16)3/h4-11,18-19H,12H2,1-3H3. The van der Waals surface area contributed by atoms with Crippen molar-refractivity contribution in [3.05, 3.63) is 59.7 Å². The van der Waals surface area contributed by atoms with Crippen molar-refractivity contribution in [3.8, 4) is 0 Å². The maximum absolute atomic E-state index is 12.2. The van der Waals surface area contributed by atoms with Gasteiger partial charge in [-0.3, -0.25) is 10.1 Å². The summed E-state index contributed by atoms with van der Waals surface area (Å²) in [4.78, 5) is 16.0. The van der Waals surface area contributed by atoms with Gasteiger partial charge >= 0.3 is 0 Å². The first kappa shape index (κ1) is 14.6. The number of amides is 1. The Kier molecular flexibility index (Phi) is 3.86. The molecule has 1 atom stereocenters. The predicted molar refractivity (Wildman–Crippen MR) is 90.5 cm³/mol. The lowest BCUT2D eigenvalue weighted by Gasteiger charge is -2.23. The first-order valence-corrected chi connectivity index (χ1v) is 7.44. The Morgan fingerprint density at radius 2 is 1.86 bits per heavy atom. The molecule has 0 fully saturated rings. The molecule has 0 radical (unpaired) electrons. The van der Waals surface area contributed by atoms with Crippen molar-refractivity contribution in [1.29, 1.82) is 0 Å². The van der Waals surface area contributed by atoms with E-state index in [-0.39, 0.29) is 11.9 Å². The van der Waals surface area contributed by atoms with E-state index in [0.29, 0.717) is 6.54 Å². The highest BCUT2D eigenvalue weighted by molar-refractivity contribution is 5.96. The van der Waals surface area contributed by atoms with Crippen molar-refractivity contribution in [3.63, 3.8) is 0 Å². The Hall–Kier alpha value is -2.33. The van der Waals surface area contributed by atoms with Crippen LogP contribution in [-0.2, 0) is 4.79 Å². The van der Waals surface area contributed by atoms with Crippen LogP contribution < -0.4 is 15.1 Å². The van der Waals surface area contributed by atoms with E-state index in [1.165, 1.54) is 5.56 Å². The third-order valence-electron chi connectivity index (χ3n) is 4.16. The second-order valence-corrected chi connectivity index (χ2v) is 5.81. The van der Waals surface area contributed by atoms with Gasteiger partial charge in [0.2, 0.25) is 5.91 Å². The maximum Gasteiger partial charge on any atom is 0.240 e. The van der Waals surface area contributed by atoms with Crippen LogP contribution in [0.2, 0.25) is 0 Å². The number of anilines is 2. The number of hydrogen-bond donors (Lipinski definition) is 1. The number of nitrogens with one attached hydrogen (secondary N) is 1. The van der Waals surface area contributed by atoms with Crippen molar-refractivity contribution in [2.24, 2.45) is 0 Å². The van der Waals surface area contributed by atoms with Crippen LogP contribution in [0.3, 0.4) is 0 Å². The van der Waals surface area contributed by atoms with Gasteiger partial charge in [-0.25, -0.2) is 0 Å². The molecular formula is C18H21N3O. The Bertz CT molecular complexity index is 682. The third-order valence-corrected chi connectivity index (χ3v) is 4.16. The van der Waals surface area contributed by atoms with Crippen LogP contribution in [0.25, 0.3) is 0 Å². The molecule has 1 N–H and O–H groups in total. The topological polar surface area (TPSA) is 35.6 Å². The average molecular weight is 295 g/mol. The highest BCUT2D eigenvalue weighted by Gasteiger charge is 2.26. The summed E-state index contributed by atoms with van der Waals surface area (Å²) in [6.07, 6.45) is 0. The number of carbonyl (C=O) groups excluding carboxylic acids is 1. The fourth-order valence-electron chi connectivity index (χ4n) is 2.85. The molecule has 0 bridgehead atoms. The summed E-state index contributed by atoms with van der Waals surface area (Å²) >= 11 is 0. The van der Waals surface area contributed by atoms with Crippen molar-refractivity contribution in [1.82, 2.24) is 5.32 Å². The minimum Gasteiger partial charge on any atom is -0.378 e. The van der Waals surface area contributed by atoms with Gasteiger partial charge in [-0.2, -0.15) is 0 Å². The van der Waals surface area contributed by atoms with Gasteiger partial charge in [-0.05, 0) is 29.3 Å². The number of fused-ring (bicyclic) bond motifs is 1. The predicted octanol–water partition coefficient (Wildman–Crippen LogP) is 2.41. The van der Waals surface area contributed by atoms with Gasteiger partial charge in [0, 0.05) is 32.5 Å². The van der Waals surface area contributed by atoms with Crippen molar-refractivity contribution >= 4 is 17.3 Å². The molecule has 2 aromatic rings. The third kappa shape index (κ3) is 2.57. The summed E-state index contributed by atoms with van der Waals surface area (Å²) in [7, 11) is 5.89. The second kappa shape index (κ2) is 5.81. The quantitative estimate of drug-likeness (QED) is 0.924. The summed E-state index contributed by atoms with van der Waals surface area (Å²) in [6.45, 7) is 0.335. The minimum absolute atomic E-state index is 0.0185. The molecular weight excluding hydrogens is 274 g/mol. The lowest BCUT2D eigenvalue weighted by Crippen LogP contribution is -2.33. The SMILES string of the molecule is CN(C)c1ccc2c(c1)C(c1ccccc1)NCC(=O)N2C. The lowest BCUT2D eigenvalue weighted by atomic mass is 9.96. The van der Waals surface area contributed by atoms with Crippen LogP contribution in [0.1, 0.15) is 17.2 Å². The molecule has 0 saturated carbocycles. The van der Waals surface area contributed by atoms with Crippen molar-refractivity contribution in [2.75, 3.05) is 37.5 Å². The second-order valence-electron chi connectivity index (χ2n) is 5.81. The van der Waals surface area contributed by atoms with Crippen LogP contribution >= 0.6 is 0 Å². The highest BCUT2D eigenvalue weighted by atomic mass is 16.2. The van der Waals surface area contributed by atoms with E-state index in [1.54, 1.807) is 4.90 Å². The summed E-state index contributed by atoms with van der Waals surface area (Å²) in [6, 6.07) is 16.5. The maximum atomic E-state index is 12.2. The molecule has 4 nitrogen and oxygen atoms in total. The number of rotatable bonds is 2. The van der Waals surface area contributed by atoms with Gasteiger partial charge in [0.25, 0.3) is 0 Å². The number of benzene rings is 2. The zero-order valence-corrected chi connectivity index (χ0v) is 13.2. The molecule has 1 amide bonds. The van der Waals surface area contributed by atoms with Crippen molar-refractivity contribution in [2.45, 2.75) is 6.04 Å². The smallest absolute Gasteiger partial charge is 0.240 e. The first-order valence-electron chi connectivity index (χ1n) is 7.44. The van der Waals surface area contributed by atoms with Crippen LogP contribution in [0, 0.1) is 0 Å². The molecule has 2 aromatic carbocycles. The van der Waals surface area contributed by atoms with Crippen LogP contribution in [0.5, 0.6) is 0 Å². The van der Waals surface area contributed by atoms with E-state index in [0.717, 1.165) is 16.9 Å². The summed E-state index contributed by atoms with van der Waals surface area (Å²) in [5.41, 5.74) is 4.40. The lowest BCUT2D eigenvalue weighted by molar-refractivity contribution is -0.117. The van der Waals surface area contributed by atoms with E-state index in [4.69, 9.17) is 0 Å². The van der Waals surface area contributed by atoms with Gasteiger partial charge in [0.1, 0.15) is 0 Å².